The Kier molecular flexibility index (Phi) is 6.80. The lowest BCUT2D eigenvalue weighted by molar-refractivity contribution is 0.134. The molecule has 0 saturated heterocycles. The first-order valence-corrected chi connectivity index (χ1v) is 9.81. The lowest BCUT2D eigenvalue weighted by atomic mass is 9.78. The van der Waals surface area contributed by atoms with Crippen LogP contribution in [-0.2, 0) is 11.3 Å². The standard InChI is InChI=1S/C24H25F3O/c1-3-28-15-18-8-13-21(22(25)14-18)19-10-5-17(6-11-19)7-12-20-9-4-16(2)23(26)24(20)27/h4,8-9,13-14,17,19H,3,5-6,10-11,15H2,1-2H3. The zero-order valence-electron chi connectivity index (χ0n) is 16.3. The van der Waals surface area contributed by atoms with Crippen LogP contribution in [-0.4, -0.2) is 6.61 Å². The predicted molar refractivity (Wildman–Crippen MR) is 104 cm³/mol. The highest BCUT2D eigenvalue weighted by atomic mass is 19.2. The minimum atomic E-state index is -0.879. The molecule has 0 radical (unpaired) electrons. The SMILES string of the molecule is CCOCc1ccc(C2CCC(C#Cc3ccc(C)c(F)c3F)CC2)c(F)c1. The summed E-state index contributed by atoms with van der Waals surface area (Å²) in [4.78, 5) is 0. The molecule has 1 saturated carbocycles. The van der Waals surface area contributed by atoms with Gasteiger partial charge in [0.25, 0.3) is 0 Å². The number of ether oxygens (including phenoxy) is 1. The van der Waals surface area contributed by atoms with Crippen LogP contribution in [0.2, 0.25) is 0 Å². The Balaban J connectivity index is 1.62. The third-order valence-electron chi connectivity index (χ3n) is 5.39. The van der Waals surface area contributed by atoms with E-state index in [4.69, 9.17) is 4.74 Å². The third-order valence-corrected chi connectivity index (χ3v) is 5.39. The van der Waals surface area contributed by atoms with Crippen LogP contribution >= 0.6 is 0 Å². The zero-order chi connectivity index (χ0) is 20.1. The van der Waals surface area contributed by atoms with Crippen molar-refractivity contribution >= 4 is 0 Å². The van der Waals surface area contributed by atoms with Gasteiger partial charge in [-0.05, 0) is 74.3 Å². The van der Waals surface area contributed by atoms with Gasteiger partial charge in [-0.1, -0.05) is 30.0 Å². The van der Waals surface area contributed by atoms with Crippen LogP contribution in [0.15, 0.2) is 30.3 Å². The molecule has 0 N–H and O–H groups in total. The van der Waals surface area contributed by atoms with Gasteiger partial charge in [-0.15, -0.1) is 0 Å². The molecular formula is C24H25F3O. The summed E-state index contributed by atoms with van der Waals surface area (Å²) in [7, 11) is 0. The van der Waals surface area contributed by atoms with Crippen molar-refractivity contribution in [3.8, 4) is 11.8 Å². The van der Waals surface area contributed by atoms with Crippen molar-refractivity contribution in [2.45, 2.75) is 52.1 Å². The quantitative estimate of drug-likeness (QED) is 0.562. The minimum absolute atomic E-state index is 0.0983. The van der Waals surface area contributed by atoms with Gasteiger partial charge >= 0.3 is 0 Å². The minimum Gasteiger partial charge on any atom is -0.377 e. The highest BCUT2D eigenvalue weighted by Crippen LogP contribution is 2.37. The molecule has 28 heavy (non-hydrogen) atoms. The predicted octanol–water partition coefficient (Wildman–Crippen LogP) is 6.27. The fraction of sp³-hybridized carbons (Fsp3) is 0.417. The molecule has 0 spiro atoms. The molecule has 2 aromatic carbocycles. The fourth-order valence-corrected chi connectivity index (χ4v) is 3.68. The molecule has 0 atom stereocenters. The second kappa shape index (κ2) is 9.30. The van der Waals surface area contributed by atoms with Gasteiger partial charge in [0.2, 0.25) is 0 Å². The van der Waals surface area contributed by atoms with E-state index in [1.54, 1.807) is 6.07 Å². The number of benzene rings is 2. The molecule has 4 heteroatoms. The maximum Gasteiger partial charge on any atom is 0.174 e. The van der Waals surface area contributed by atoms with E-state index in [0.717, 1.165) is 36.8 Å². The summed E-state index contributed by atoms with van der Waals surface area (Å²) in [5.74, 6) is 4.28. The summed E-state index contributed by atoms with van der Waals surface area (Å²) in [5, 5.41) is 0. The molecule has 2 aromatic rings. The summed E-state index contributed by atoms with van der Waals surface area (Å²) in [5.41, 5.74) is 1.97. The average Bonchev–Trinajstić information content (AvgIpc) is 2.70. The number of aryl methyl sites for hydroxylation is 1. The first kappa shape index (κ1) is 20.5. The van der Waals surface area contributed by atoms with Crippen LogP contribution in [0.25, 0.3) is 0 Å². The summed E-state index contributed by atoms with van der Waals surface area (Å²) >= 11 is 0. The van der Waals surface area contributed by atoms with Gasteiger partial charge in [0.1, 0.15) is 5.82 Å². The van der Waals surface area contributed by atoms with Crippen LogP contribution in [0.3, 0.4) is 0 Å². The molecule has 0 bridgehead atoms. The zero-order valence-corrected chi connectivity index (χ0v) is 16.3. The van der Waals surface area contributed by atoms with Gasteiger partial charge in [0.15, 0.2) is 11.6 Å². The van der Waals surface area contributed by atoms with E-state index < -0.39 is 11.6 Å². The molecule has 1 aliphatic rings. The normalized spacial score (nSPS) is 19.2. The van der Waals surface area contributed by atoms with Crippen LogP contribution in [0.4, 0.5) is 13.2 Å². The van der Waals surface area contributed by atoms with E-state index >= 15 is 0 Å². The Hall–Kier alpha value is -2.25. The maximum absolute atomic E-state index is 14.5. The average molecular weight is 386 g/mol. The van der Waals surface area contributed by atoms with Crippen molar-refractivity contribution in [2.24, 2.45) is 5.92 Å². The third kappa shape index (κ3) is 4.77. The van der Waals surface area contributed by atoms with Crippen LogP contribution in [0.5, 0.6) is 0 Å². The van der Waals surface area contributed by atoms with Gasteiger partial charge < -0.3 is 4.74 Å². The van der Waals surface area contributed by atoms with Gasteiger partial charge in [0.05, 0.1) is 12.2 Å². The highest BCUT2D eigenvalue weighted by Gasteiger charge is 2.23. The van der Waals surface area contributed by atoms with Crippen molar-refractivity contribution in [1.82, 2.24) is 0 Å². The Labute approximate surface area is 164 Å². The summed E-state index contributed by atoms with van der Waals surface area (Å²) in [6.45, 7) is 4.47. The molecule has 0 aliphatic heterocycles. The Bertz CT molecular complexity index is 887. The largest absolute Gasteiger partial charge is 0.377 e. The molecule has 3 rings (SSSR count). The van der Waals surface area contributed by atoms with Crippen molar-refractivity contribution in [2.75, 3.05) is 6.61 Å². The number of hydrogen-bond acceptors (Lipinski definition) is 1. The van der Waals surface area contributed by atoms with E-state index in [1.165, 1.54) is 19.1 Å². The number of rotatable bonds is 4. The summed E-state index contributed by atoms with van der Waals surface area (Å²) in [6.07, 6.45) is 3.33. The highest BCUT2D eigenvalue weighted by molar-refractivity contribution is 5.39. The molecule has 148 valence electrons. The topological polar surface area (TPSA) is 9.23 Å². The lowest BCUT2D eigenvalue weighted by Crippen LogP contribution is -2.13. The van der Waals surface area contributed by atoms with Gasteiger partial charge in [-0.25, -0.2) is 13.2 Å². The van der Waals surface area contributed by atoms with Crippen molar-refractivity contribution < 1.29 is 17.9 Å². The molecule has 0 unspecified atom stereocenters. The number of hydrogen-bond donors (Lipinski definition) is 0. The smallest absolute Gasteiger partial charge is 0.174 e. The monoisotopic (exact) mass is 386 g/mol. The van der Waals surface area contributed by atoms with Crippen LogP contribution < -0.4 is 0 Å². The van der Waals surface area contributed by atoms with Gasteiger partial charge in [0, 0.05) is 12.5 Å². The van der Waals surface area contributed by atoms with E-state index in [1.807, 2.05) is 19.1 Å². The Morgan fingerprint density at radius 2 is 1.75 bits per heavy atom. The summed E-state index contributed by atoms with van der Waals surface area (Å²) in [6, 6.07) is 8.41. The fourth-order valence-electron chi connectivity index (χ4n) is 3.68. The molecule has 0 heterocycles. The molecule has 1 nitrogen and oxygen atoms in total. The van der Waals surface area contributed by atoms with Crippen molar-refractivity contribution in [3.05, 3.63) is 70.0 Å². The molecule has 1 fully saturated rings. The molecule has 1 aliphatic carbocycles. The van der Waals surface area contributed by atoms with Crippen molar-refractivity contribution in [3.63, 3.8) is 0 Å². The van der Waals surface area contributed by atoms with Gasteiger partial charge in [-0.2, -0.15) is 0 Å². The first-order valence-electron chi connectivity index (χ1n) is 9.81. The van der Waals surface area contributed by atoms with Crippen LogP contribution in [0, 0.1) is 42.1 Å². The Morgan fingerprint density at radius 1 is 1.00 bits per heavy atom. The summed E-state index contributed by atoms with van der Waals surface area (Å²) < 4.78 is 47.4. The Morgan fingerprint density at radius 3 is 2.43 bits per heavy atom. The van der Waals surface area contributed by atoms with E-state index in [2.05, 4.69) is 11.8 Å². The van der Waals surface area contributed by atoms with E-state index in [-0.39, 0.29) is 28.8 Å². The van der Waals surface area contributed by atoms with Gasteiger partial charge in [-0.3, -0.25) is 0 Å². The second-order valence-electron chi connectivity index (χ2n) is 7.37. The molecule has 0 amide bonds. The first-order chi connectivity index (χ1) is 13.5. The van der Waals surface area contributed by atoms with Crippen molar-refractivity contribution in [1.29, 1.82) is 0 Å². The molecular weight excluding hydrogens is 361 g/mol. The van der Waals surface area contributed by atoms with E-state index in [0.29, 0.717) is 13.2 Å². The lowest BCUT2D eigenvalue weighted by Gasteiger charge is -2.26. The second-order valence-corrected chi connectivity index (χ2v) is 7.37. The molecule has 0 aromatic heterocycles. The number of halogens is 3. The maximum atomic E-state index is 14.5. The van der Waals surface area contributed by atoms with Crippen LogP contribution in [0.1, 0.15) is 60.8 Å². The van der Waals surface area contributed by atoms with E-state index in [9.17, 15) is 13.2 Å².